The molecule has 0 saturated heterocycles. The van der Waals surface area contributed by atoms with Crippen LogP contribution in [-0.4, -0.2) is 46.5 Å². The summed E-state index contributed by atoms with van der Waals surface area (Å²) in [5, 5.41) is 3.56. The van der Waals surface area contributed by atoms with Crippen LogP contribution in [0.3, 0.4) is 0 Å². The Kier molecular flexibility index (Phi) is 6.45. The van der Waals surface area contributed by atoms with Gasteiger partial charge in [-0.2, -0.15) is 13.2 Å². The number of fused-ring (bicyclic) bond motifs is 1. The minimum absolute atomic E-state index is 0.0144. The molecule has 1 saturated carbocycles. The Bertz CT molecular complexity index is 894. The van der Waals surface area contributed by atoms with Crippen LogP contribution in [0.25, 0.3) is 10.2 Å². The highest BCUT2D eigenvalue weighted by atomic mass is 32.1. The fourth-order valence-electron chi connectivity index (χ4n) is 3.83. The van der Waals surface area contributed by atoms with Gasteiger partial charge in [0, 0.05) is 23.5 Å². The lowest BCUT2D eigenvalue weighted by Crippen LogP contribution is -2.40. The van der Waals surface area contributed by atoms with E-state index in [1.54, 1.807) is 6.07 Å². The second kappa shape index (κ2) is 8.56. The van der Waals surface area contributed by atoms with Crippen molar-refractivity contribution in [2.75, 3.05) is 11.4 Å². The minimum Gasteiger partial charge on any atom is -0.444 e. The zero-order chi connectivity index (χ0) is 22.1. The molecule has 1 fully saturated rings. The van der Waals surface area contributed by atoms with Crippen LogP contribution in [0.1, 0.15) is 51.8 Å². The summed E-state index contributed by atoms with van der Waals surface area (Å²) in [4.78, 5) is 23.5. The monoisotopic (exact) mass is 444 g/mol. The van der Waals surface area contributed by atoms with Crippen molar-refractivity contribution in [1.82, 2.24) is 15.3 Å². The van der Waals surface area contributed by atoms with Gasteiger partial charge in [-0.05, 0) is 53.0 Å². The largest absolute Gasteiger partial charge is 0.444 e. The number of amides is 1. The van der Waals surface area contributed by atoms with Gasteiger partial charge in [0.2, 0.25) is 0 Å². The standard InChI is InChI=1S/C20H27F3N4O2S/c1-5-27(13-7-6-12(8-13)26-18(28)29-19(2,3)4)16-15-9-14(10-20(21,22)23)30-17(15)25-11-24-16/h9,11-13H,5-8,10H2,1-4H3,(H,26,28). The molecule has 3 rings (SSSR count). The number of nitrogens with one attached hydrogen (secondary N) is 1. The quantitative estimate of drug-likeness (QED) is 0.698. The van der Waals surface area contributed by atoms with Crippen molar-refractivity contribution in [2.24, 2.45) is 0 Å². The smallest absolute Gasteiger partial charge is 0.407 e. The van der Waals surface area contributed by atoms with E-state index in [0.717, 1.165) is 30.6 Å². The summed E-state index contributed by atoms with van der Waals surface area (Å²) in [5.41, 5.74) is -0.558. The fourth-order valence-corrected chi connectivity index (χ4v) is 4.85. The van der Waals surface area contributed by atoms with Gasteiger partial charge in [0.15, 0.2) is 0 Å². The lowest BCUT2D eigenvalue weighted by molar-refractivity contribution is -0.126. The molecule has 0 aromatic carbocycles. The molecule has 2 unspecified atom stereocenters. The second-order valence-electron chi connectivity index (χ2n) is 8.52. The van der Waals surface area contributed by atoms with E-state index in [1.807, 2.05) is 27.7 Å². The number of aromatic nitrogens is 2. The van der Waals surface area contributed by atoms with Crippen LogP contribution < -0.4 is 10.2 Å². The molecular formula is C20H27F3N4O2S. The van der Waals surface area contributed by atoms with E-state index in [2.05, 4.69) is 20.2 Å². The molecule has 0 bridgehead atoms. The van der Waals surface area contributed by atoms with Crippen LogP contribution in [-0.2, 0) is 11.2 Å². The van der Waals surface area contributed by atoms with E-state index in [-0.39, 0.29) is 17.0 Å². The molecule has 0 aliphatic heterocycles. The maximum atomic E-state index is 12.8. The normalized spacial score (nSPS) is 19.8. The number of alkyl halides is 3. The van der Waals surface area contributed by atoms with E-state index in [0.29, 0.717) is 22.6 Å². The third-order valence-electron chi connectivity index (χ3n) is 4.91. The Hall–Kier alpha value is -2.10. The summed E-state index contributed by atoms with van der Waals surface area (Å²) in [7, 11) is 0. The number of ether oxygens (including phenoxy) is 1. The molecule has 30 heavy (non-hydrogen) atoms. The van der Waals surface area contributed by atoms with Gasteiger partial charge in [-0.3, -0.25) is 0 Å². The number of carbonyl (C=O) groups is 1. The lowest BCUT2D eigenvalue weighted by atomic mass is 10.2. The van der Waals surface area contributed by atoms with Gasteiger partial charge in [0.05, 0.1) is 11.8 Å². The van der Waals surface area contributed by atoms with E-state index in [1.165, 1.54) is 6.33 Å². The predicted octanol–water partition coefficient (Wildman–Crippen LogP) is 5.07. The summed E-state index contributed by atoms with van der Waals surface area (Å²) in [6.45, 7) is 8.09. The number of hydrogen-bond acceptors (Lipinski definition) is 6. The van der Waals surface area contributed by atoms with Crippen molar-refractivity contribution >= 4 is 33.5 Å². The SMILES string of the molecule is CCN(c1ncnc2sc(CC(F)(F)F)cc12)C1CCC(NC(=O)OC(C)(C)C)C1. The topological polar surface area (TPSA) is 67.4 Å². The van der Waals surface area contributed by atoms with Crippen molar-refractivity contribution in [1.29, 1.82) is 0 Å². The highest BCUT2D eigenvalue weighted by Crippen LogP contribution is 2.36. The number of carbonyl (C=O) groups excluding carboxylic acids is 1. The molecular weight excluding hydrogens is 417 g/mol. The number of rotatable bonds is 5. The van der Waals surface area contributed by atoms with E-state index >= 15 is 0 Å². The van der Waals surface area contributed by atoms with Gasteiger partial charge in [-0.1, -0.05) is 0 Å². The molecule has 1 aliphatic carbocycles. The Labute approximate surface area is 177 Å². The number of anilines is 1. The molecule has 2 aromatic heterocycles. The van der Waals surface area contributed by atoms with Gasteiger partial charge in [-0.25, -0.2) is 14.8 Å². The van der Waals surface area contributed by atoms with E-state index in [9.17, 15) is 18.0 Å². The third-order valence-corrected chi connectivity index (χ3v) is 5.96. The molecule has 0 spiro atoms. The molecule has 0 radical (unpaired) electrons. The first-order valence-electron chi connectivity index (χ1n) is 10.0. The van der Waals surface area contributed by atoms with Crippen LogP contribution in [0.2, 0.25) is 0 Å². The highest BCUT2D eigenvalue weighted by Gasteiger charge is 2.33. The zero-order valence-electron chi connectivity index (χ0n) is 17.5. The van der Waals surface area contributed by atoms with Crippen molar-refractivity contribution in [3.8, 4) is 0 Å². The zero-order valence-corrected chi connectivity index (χ0v) is 18.4. The molecule has 166 valence electrons. The van der Waals surface area contributed by atoms with E-state index in [4.69, 9.17) is 4.74 Å². The van der Waals surface area contributed by atoms with Crippen LogP contribution in [0.4, 0.5) is 23.8 Å². The summed E-state index contributed by atoms with van der Waals surface area (Å²) in [5.74, 6) is 0.648. The van der Waals surface area contributed by atoms with Gasteiger partial charge in [-0.15, -0.1) is 11.3 Å². The summed E-state index contributed by atoms with van der Waals surface area (Å²) < 4.78 is 43.8. The molecule has 1 aliphatic rings. The summed E-state index contributed by atoms with van der Waals surface area (Å²) in [6.07, 6.45) is -1.89. The van der Waals surface area contributed by atoms with Crippen LogP contribution in [0, 0.1) is 0 Å². The second-order valence-corrected chi connectivity index (χ2v) is 9.63. The number of nitrogens with zero attached hydrogens (tertiary/aromatic N) is 3. The van der Waals surface area contributed by atoms with Crippen LogP contribution in [0.5, 0.6) is 0 Å². The maximum absolute atomic E-state index is 12.8. The fraction of sp³-hybridized carbons (Fsp3) is 0.650. The Morgan fingerprint density at radius 2 is 2.03 bits per heavy atom. The van der Waals surface area contributed by atoms with Crippen molar-refractivity contribution < 1.29 is 22.7 Å². The summed E-state index contributed by atoms with van der Waals surface area (Å²) >= 11 is 1.05. The minimum atomic E-state index is -4.26. The van der Waals surface area contributed by atoms with Gasteiger partial charge >= 0.3 is 12.3 Å². The number of hydrogen-bond donors (Lipinski definition) is 1. The van der Waals surface area contributed by atoms with Gasteiger partial charge in [0.1, 0.15) is 22.6 Å². The maximum Gasteiger partial charge on any atom is 0.407 e. The Morgan fingerprint density at radius 1 is 1.30 bits per heavy atom. The molecule has 10 heteroatoms. The van der Waals surface area contributed by atoms with Crippen molar-refractivity contribution in [3.63, 3.8) is 0 Å². The number of alkyl carbamates (subject to hydrolysis) is 1. The molecule has 6 nitrogen and oxygen atoms in total. The first-order chi connectivity index (χ1) is 13.9. The number of thiophene rings is 1. The average Bonchev–Trinajstić information content (AvgIpc) is 3.19. The first-order valence-corrected chi connectivity index (χ1v) is 10.8. The molecule has 2 atom stereocenters. The molecule has 1 N–H and O–H groups in total. The van der Waals surface area contributed by atoms with Crippen molar-refractivity contribution in [3.05, 3.63) is 17.3 Å². The third kappa shape index (κ3) is 5.74. The molecule has 2 heterocycles. The van der Waals surface area contributed by atoms with Crippen LogP contribution >= 0.6 is 11.3 Å². The van der Waals surface area contributed by atoms with Crippen molar-refractivity contribution in [2.45, 2.75) is 77.2 Å². The van der Waals surface area contributed by atoms with Gasteiger partial charge in [0.25, 0.3) is 0 Å². The lowest BCUT2D eigenvalue weighted by Gasteiger charge is -2.29. The van der Waals surface area contributed by atoms with Gasteiger partial charge < -0.3 is 15.0 Å². The predicted molar refractivity (Wildman–Crippen MR) is 111 cm³/mol. The van der Waals surface area contributed by atoms with E-state index < -0.39 is 24.3 Å². The molecule has 2 aromatic rings. The number of halogens is 3. The Morgan fingerprint density at radius 3 is 2.67 bits per heavy atom. The Balaban J connectivity index is 1.75. The average molecular weight is 445 g/mol. The van der Waals surface area contributed by atoms with Crippen LogP contribution in [0.15, 0.2) is 12.4 Å². The summed E-state index contributed by atoms with van der Waals surface area (Å²) in [6, 6.07) is 1.66. The highest BCUT2D eigenvalue weighted by molar-refractivity contribution is 7.18. The molecule has 1 amide bonds. The first kappa shape index (κ1) is 22.6.